The molecule has 0 saturated heterocycles. The van der Waals surface area contributed by atoms with Gasteiger partial charge in [0, 0.05) is 11.4 Å². The van der Waals surface area contributed by atoms with Gasteiger partial charge in [-0.3, -0.25) is 4.79 Å². The zero-order valence-electron chi connectivity index (χ0n) is 12.1. The number of hydrogen-bond donors (Lipinski definition) is 1. The van der Waals surface area contributed by atoms with Crippen LogP contribution >= 0.6 is 11.3 Å². The summed E-state index contributed by atoms with van der Waals surface area (Å²) < 4.78 is 10.6. The van der Waals surface area contributed by atoms with Crippen molar-refractivity contribution >= 4 is 17.2 Å². The topological polar surface area (TPSA) is 47.6 Å². The first-order valence-corrected chi connectivity index (χ1v) is 7.75. The molecule has 1 aliphatic rings. The summed E-state index contributed by atoms with van der Waals surface area (Å²) in [7, 11) is 0. The number of carbonyl (C=O) groups is 1. The number of nitrogens with one attached hydrogen (secondary N) is 1. The van der Waals surface area contributed by atoms with Gasteiger partial charge in [0.1, 0.15) is 0 Å². The molecule has 110 valence electrons. The van der Waals surface area contributed by atoms with Gasteiger partial charge in [0.2, 0.25) is 6.79 Å². The van der Waals surface area contributed by atoms with Crippen molar-refractivity contribution in [2.24, 2.45) is 0 Å². The van der Waals surface area contributed by atoms with Crippen LogP contribution in [0.2, 0.25) is 0 Å². The Bertz CT molecular complexity index is 678. The molecule has 0 saturated carbocycles. The fraction of sp³-hybridized carbons (Fsp3) is 0.312. The second kappa shape index (κ2) is 5.77. The zero-order chi connectivity index (χ0) is 14.8. The lowest BCUT2D eigenvalue weighted by molar-refractivity contribution is 0.0955. The molecule has 0 aliphatic carbocycles. The minimum atomic E-state index is -0.0273. The average Bonchev–Trinajstić information content (AvgIpc) is 3.10. The Balaban J connectivity index is 1.65. The summed E-state index contributed by atoms with van der Waals surface area (Å²) in [5, 5.41) is 2.95. The number of thiophene rings is 1. The largest absolute Gasteiger partial charge is 0.454 e. The van der Waals surface area contributed by atoms with Crippen LogP contribution in [0.4, 0.5) is 0 Å². The van der Waals surface area contributed by atoms with Crippen molar-refractivity contribution in [3.63, 3.8) is 0 Å². The minimum absolute atomic E-state index is 0.0273. The molecule has 2 aromatic rings. The third-order valence-corrected chi connectivity index (χ3v) is 4.84. The molecule has 2 heterocycles. The van der Waals surface area contributed by atoms with E-state index in [2.05, 4.69) is 12.2 Å². The van der Waals surface area contributed by atoms with Crippen molar-refractivity contribution in [2.75, 3.05) is 6.79 Å². The van der Waals surface area contributed by atoms with E-state index in [1.807, 2.05) is 31.2 Å². The Morgan fingerprint density at radius 1 is 1.29 bits per heavy atom. The molecular formula is C16H17NO3S. The fourth-order valence-corrected chi connectivity index (χ4v) is 3.33. The van der Waals surface area contributed by atoms with Crippen LogP contribution in [-0.4, -0.2) is 12.7 Å². The molecule has 1 aromatic heterocycles. The molecule has 0 fully saturated rings. The van der Waals surface area contributed by atoms with Crippen molar-refractivity contribution in [3.05, 3.63) is 45.1 Å². The van der Waals surface area contributed by atoms with E-state index in [-0.39, 0.29) is 12.7 Å². The molecule has 3 rings (SSSR count). The van der Waals surface area contributed by atoms with E-state index in [1.54, 1.807) is 11.3 Å². The molecule has 0 spiro atoms. The highest BCUT2D eigenvalue weighted by molar-refractivity contribution is 7.14. The Kier molecular flexibility index (Phi) is 3.84. The van der Waals surface area contributed by atoms with Crippen LogP contribution in [0.1, 0.15) is 32.6 Å². The smallest absolute Gasteiger partial charge is 0.261 e. The van der Waals surface area contributed by atoms with Gasteiger partial charge in [-0.05, 0) is 42.7 Å². The number of aryl methyl sites for hydroxylation is 2. The first-order valence-electron chi connectivity index (χ1n) is 6.93. The van der Waals surface area contributed by atoms with Gasteiger partial charge in [-0.2, -0.15) is 0 Å². The number of hydrogen-bond acceptors (Lipinski definition) is 4. The predicted octanol–water partition coefficient (Wildman–Crippen LogP) is 3.28. The maximum absolute atomic E-state index is 12.2. The van der Waals surface area contributed by atoms with Crippen LogP contribution in [0.25, 0.3) is 0 Å². The highest BCUT2D eigenvalue weighted by atomic mass is 32.1. The van der Waals surface area contributed by atoms with Crippen LogP contribution in [0.3, 0.4) is 0 Å². The fourth-order valence-electron chi connectivity index (χ4n) is 2.30. The number of amides is 1. The number of ether oxygens (including phenoxy) is 2. The summed E-state index contributed by atoms with van der Waals surface area (Å²) in [5.41, 5.74) is 2.19. The second-order valence-electron chi connectivity index (χ2n) is 4.94. The van der Waals surface area contributed by atoms with E-state index in [0.717, 1.165) is 28.4 Å². The lowest BCUT2D eigenvalue weighted by Gasteiger charge is -2.05. The highest BCUT2D eigenvalue weighted by Gasteiger charge is 2.14. The Hall–Kier alpha value is -2.01. The Morgan fingerprint density at radius 2 is 2.10 bits per heavy atom. The first-order chi connectivity index (χ1) is 10.2. The third-order valence-electron chi connectivity index (χ3n) is 3.46. The van der Waals surface area contributed by atoms with Gasteiger partial charge in [-0.15, -0.1) is 11.3 Å². The maximum Gasteiger partial charge on any atom is 0.261 e. The van der Waals surface area contributed by atoms with E-state index in [9.17, 15) is 4.79 Å². The molecular weight excluding hydrogens is 286 g/mol. The van der Waals surface area contributed by atoms with Crippen LogP contribution < -0.4 is 14.8 Å². The summed E-state index contributed by atoms with van der Waals surface area (Å²) in [5.74, 6) is 1.47. The van der Waals surface area contributed by atoms with Gasteiger partial charge in [-0.25, -0.2) is 0 Å². The van der Waals surface area contributed by atoms with Gasteiger partial charge in [-0.1, -0.05) is 13.0 Å². The maximum atomic E-state index is 12.2. The van der Waals surface area contributed by atoms with Crippen LogP contribution in [-0.2, 0) is 13.0 Å². The van der Waals surface area contributed by atoms with Crippen LogP contribution in [0, 0.1) is 6.92 Å². The molecule has 0 bridgehead atoms. The van der Waals surface area contributed by atoms with E-state index < -0.39 is 0 Å². The minimum Gasteiger partial charge on any atom is -0.454 e. The predicted molar refractivity (Wildman–Crippen MR) is 82.2 cm³/mol. The lowest BCUT2D eigenvalue weighted by Crippen LogP contribution is -2.21. The van der Waals surface area contributed by atoms with Crippen LogP contribution in [0.5, 0.6) is 11.5 Å². The number of rotatable bonds is 4. The third kappa shape index (κ3) is 2.88. The molecule has 0 atom stereocenters. The van der Waals surface area contributed by atoms with Gasteiger partial charge in [0.05, 0.1) is 4.88 Å². The normalized spacial score (nSPS) is 12.5. The summed E-state index contributed by atoms with van der Waals surface area (Å²) in [6, 6.07) is 7.66. The first kappa shape index (κ1) is 13.9. The van der Waals surface area contributed by atoms with Crippen molar-refractivity contribution in [3.8, 4) is 11.5 Å². The Labute approximate surface area is 127 Å². The highest BCUT2D eigenvalue weighted by Crippen LogP contribution is 2.32. The molecule has 1 amide bonds. The molecule has 1 N–H and O–H groups in total. The molecule has 4 nitrogen and oxygen atoms in total. The number of carbonyl (C=O) groups excluding carboxylic acids is 1. The number of benzene rings is 1. The summed E-state index contributed by atoms with van der Waals surface area (Å²) in [6.07, 6.45) is 0.964. The van der Waals surface area contributed by atoms with Gasteiger partial charge < -0.3 is 14.8 Å². The van der Waals surface area contributed by atoms with Gasteiger partial charge >= 0.3 is 0 Å². The van der Waals surface area contributed by atoms with Gasteiger partial charge in [0.15, 0.2) is 11.5 Å². The van der Waals surface area contributed by atoms with Gasteiger partial charge in [0.25, 0.3) is 5.91 Å². The molecule has 21 heavy (non-hydrogen) atoms. The lowest BCUT2D eigenvalue weighted by atomic mass is 10.2. The quantitative estimate of drug-likeness (QED) is 0.943. The second-order valence-corrected chi connectivity index (χ2v) is 6.08. The molecule has 0 radical (unpaired) electrons. The Morgan fingerprint density at radius 3 is 2.86 bits per heavy atom. The van der Waals surface area contributed by atoms with E-state index in [0.29, 0.717) is 6.54 Å². The van der Waals surface area contributed by atoms with Crippen LogP contribution in [0.15, 0.2) is 24.3 Å². The molecule has 1 aromatic carbocycles. The van der Waals surface area contributed by atoms with E-state index in [1.165, 1.54) is 10.4 Å². The molecule has 5 heteroatoms. The molecule has 1 aliphatic heterocycles. The average molecular weight is 303 g/mol. The zero-order valence-corrected chi connectivity index (χ0v) is 12.9. The molecule has 0 unspecified atom stereocenters. The summed E-state index contributed by atoms with van der Waals surface area (Å²) in [4.78, 5) is 14.2. The van der Waals surface area contributed by atoms with E-state index >= 15 is 0 Å². The van der Waals surface area contributed by atoms with Crippen molar-refractivity contribution in [1.82, 2.24) is 5.32 Å². The summed E-state index contributed by atoms with van der Waals surface area (Å²) >= 11 is 1.57. The standard InChI is InChI=1S/C16H17NO3S/c1-3-14-10(2)6-15(21-14)16(18)17-8-11-4-5-12-13(7-11)20-9-19-12/h4-7H,3,8-9H2,1-2H3,(H,17,18). The van der Waals surface area contributed by atoms with E-state index in [4.69, 9.17) is 9.47 Å². The number of fused-ring (bicyclic) bond motifs is 1. The monoisotopic (exact) mass is 303 g/mol. The summed E-state index contributed by atoms with van der Waals surface area (Å²) in [6.45, 7) is 4.89. The van der Waals surface area contributed by atoms with Crippen molar-refractivity contribution < 1.29 is 14.3 Å². The van der Waals surface area contributed by atoms with Crippen molar-refractivity contribution in [1.29, 1.82) is 0 Å². The van der Waals surface area contributed by atoms with Crippen molar-refractivity contribution in [2.45, 2.75) is 26.8 Å². The SMILES string of the molecule is CCc1sc(C(=O)NCc2ccc3c(c2)OCO3)cc1C.